The quantitative estimate of drug-likeness (QED) is 0.697. The summed E-state index contributed by atoms with van der Waals surface area (Å²) in [6.45, 7) is 8.39. The third kappa shape index (κ3) is 6.62. The van der Waals surface area contributed by atoms with Gasteiger partial charge in [-0.25, -0.2) is 13.1 Å². The number of nitrogens with one attached hydrogen (secondary N) is 1. The number of rotatable bonds is 9. The van der Waals surface area contributed by atoms with Crippen molar-refractivity contribution in [2.75, 3.05) is 0 Å². The highest BCUT2D eigenvalue weighted by atomic mass is 32.2. The van der Waals surface area contributed by atoms with Gasteiger partial charge in [0.2, 0.25) is 10.0 Å². The van der Waals surface area contributed by atoms with Crippen LogP contribution in [0.15, 0.2) is 29.2 Å². The van der Waals surface area contributed by atoms with Crippen LogP contribution in [0.4, 0.5) is 0 Å². The topological polar surface area (TPSA) is 46.2 Å². The number of unbranched alkanes of at least 4 members (excludes halogenated alkanes) is 2. The smallest absolute Gasteiger partial charge is 0.208 e. The Bertz CT molecular complexity index is 506. The molecule has 1 atom stereocenters. The van der Waals surface area contributed by atoms with Crippen molar-refractivity contribution in [2.24, 2.45) is 5.92 Å². The molecule has 1 unspecified atom stereocenters. The van der Waals surface area contributed by atoms with Crippen LogP contribution in [-0.2, 0) is 16.4 Å². The van der Waals surface area contributed by atoms with Gasteiger partial charge in [-0.3, -0.25) is 0 Å². The first-order valence-corrected chi connectivity index (χ1v) is 9.44. The Balaban J connectivity index is 2.65. The van der Waals surface area contributed by atoms with E-state index >= 15 is 0 Å². The van der Waals surface area contributed by atoms with Crippen molar-refractivity contribution in [2.45, 2.75) is 70.7 Å². The van der Waals surface area contributed by atoms with Gasteiger partial charge in [-0.1, -0.05) is 52.2 Å². The fourth-order valence-corrected chi connectivity index (χ4v) is 3.65. The summed E-state index contributed by atoms with van der Waals surface area (Å²) in [5.41, 5.74) is 1.18. The maximum absolute atomic E-state index is 12.3. The van der Waals surface area contributed by atoms with Gasteiger partial charge in [0.15, 0.2) is 0 Å². The van der Waals surface area contributed by atoms with Crippen LogP contribution in [0.3, 0.4) is 0 Å². The Hall–Kier alpha value is -0.870. The lowest BCUT2D eigenvalue weighted by Crippen LogP contribution is -2.32. The lowest BCUT2D eigenvalue weighted by atomic mass is 10.0. The first-order chi connectivity index (χ1) is 9.85. The summed E-state index contributed by atoms with van der Waals surface area (Å²) in [7, 11) is -3.39. The van der Waals surface area contributed by atoms with Gasteiger partial charge in [-0.15, -0.1) is 0 Å². The molecular weight excluding hydrogens is 282 g/mol. The Morgan fingerprint density at radius 3 is 2.19 bits per heavy atom. The first kappa shape index (κ1) is 18.2. The average Bonchev–Trinajstić information content (AvgIpc) is 2.38. The molecule has 0 saturated heterocycles. The van der Waals surface area contributed by atoms with E-state index in [1.54, 1.807) is 12.1 Å². The van der Waals surface area contributed by atoms with Crippen LogP contribution in [0.1, 0.15) is 58.9 Å². The average molecular weight is 311 g/mol. The highest BCUT2D eigenvalue weighted by Gasteiger charge is 2.16. The summed E-state index contributed by atoms with van der Waals surface area (Å²) < 4.78 is 27.4. The van der Waals surface area contributed by atoms with E-state index < -0.39 is 10.0 Å². The molecule has 0 fully saturated rings. The summed E-state index contributed by atoms with van der Waals surface area (Å²) in [4.78, 5) is 0.359. The van der Waals surface area contributed by atoms with Gasteiger partial charge in [-0.05, 0) is 43.4 Å². The zero-order valence-electron chi connectivity index (χ0n) is 13.7. The third-order valence-electron chi connectivity index (χ3n) is 3.47. The lowest BCUT2D eigenvalue weighted by molar-refractivity contribution is 0.527. The van der Waals surface area contributed by atoms with Crippen LogP contribution in [0.2, 0.25) is 0 Å². The van der Waals surface area contributed by atoms with Crippen molar-refractivity contribution >= 4 is 10.0 Å². The molecule has 0 aliphatic heterocycles. The molecule has 0 amide bonds. The Morgan fingerprint density at radius 1 is 1.05 bits per heavy atom. The largest absolute Gasteiger partial charge is 0.240 e. The molecule has 120 valence electrons. The summed E-state index contributed by atoms with van der Waals surface area (Å²) in [5.74, 6) is 0.573. The van der Waals surface area contributed by atoms with Gasteiger partial charge in [0.05, 0.1) is 4.90 Å². The molecule has 1 aromatic rings. The molecule has 0 aliphatic rings. The molecule has 0 heterocycles. The molecule has 0 radical (unpaired) electrons. The Labute approximate surface area is 130 Å². The molecular formula is C17H29NO2S. The number of hydrogen-bond acceptors (Lipinski definition) is 2. The maximum atomic E-state index is 12.3. The summed E-state index contributed by atoms with van der Waals surface area (Å²) in [6.07, 6.45) is 5.22. The molecule has 1 rings (SSSR count). The maximum Gasteiger partial charge on any atom is 0.240 e. The second kappa shape index (κ2) is 8.54. The Kier molecular flexibility index (Phi) is 7.40. The van der Waals surface area contributed by atoms with Crippen molar-refractivity contribution < 1.29 is 8.42 Å². The minimum absolute atomic E-state index is 0.0168. The van der Waals surface area contributed by atoms with Crippen molar-refractivity contribution in [1.29, 1.82) is 0 Å². The van der Waals surface area contributed by atoms with E-state index in [1.807, 2.05) is 19.1 Å². The number of sulfonamides is 1. The van der Waals surface area contributed by atoms with Crippen LogP contribution in [0.25, 0.3) is 0 Å². The van der Waals surface area contributed by atoms with E-state index in [9.17, 15) is 8.42 Å². The molecule has 0 aliphatic carbocycles. The van der Waals surface area contributed by atoms with Gasteiger partial charge in [0.1, 0.15) is 0 Å². The molecule has 4 heteroatoms. The molecule has 0 bridgehead atoms. The fraction of sp³-hybridized carbons (Fsp3) is 0.647. The van der Waals surface area contributed by atoms with Crippen LogP contribution < -0.4 is 4.72 Å². The van der Waals surface area contributed by atoms with Gasteiger partial charge in [0, 0.05) is 6.04 Å². The minimum Gasteiger partial charge on any atom is -0.208 e. The molecule has 1 N–H and O–H groups in total. The zero-order chi connectivity index (χ0) is 15.9. The normalized spacial score (nSPS) is 13.6. The molecule has 0 aromatic heterocycles. The van der Waals surface area contributed by atoms with Gasteiger partial charge in [-0.2, -0.15) is 0 Å². The van der Waals surface area contributed by atoms with Crippen LogP contribution in [0, 0.1) is 5.92 Å². The summed E-state index contributed by atoms with van der Waals surface area (Å²) in [6, 6.07) is 7.22. The summed E-state index contributed by atoms with van der Waals surface area (Å²) in [5, 5.41) is 0. The predicted octanol–water partition coefficient (Wildman–Crippen LogP) is 4.13. The van der Waals surface area contributed by atoms with E-state index in [4.69, 9.17) is 0 Å². The molecule has 0 saturated carbocycles. The van der Waals surface area contributed by atoms with E-state index in [-0.39, 0.29) is 6.04 Å². The van der Waals surface area contributed by atoms with Crippen molar-refractivity contribution in [1.82, 2.24) is 4.72 Å². The van der Waals surface area contributed by atoms with E-state index in [0.29, 0.717) is 10.8 Å². The SMILES string of the molecule is CCCCCC(C)NS(=O)(=O)c1ccc(CC(C)C)cc1. The van der Waals surface area contributed by atoms with Crippen LogP contribution in [-0.4, -0.2) is 14.5 Å². The minimum atomic E-state index is -3.39. The highest BCUT2D eigenvalue weighted by Crippen LogP contribution is 2.15. The third-order valence-corrected chi connectivity index (χ3v) is 5.08. The molecule has 1 aromatic carbocycles. The first-order valence-electron chi connectivity index (χ1n) is 7.96. The molecule has 21 heavy (non-hydrogen) atoms. The van der Waals surface area contributed by atoms with E-state index in [2.05, 4.69) is 25.5 Å². The van der Waals surface area contributed by atoms with E-state index in [1.165, 1.54) is 5.56 Å². The fourth-order valence-electron chi connectivity index (χ4n) is 2.37. The molecule has 0 spiro atoms. The lowest BCUT2D eigenvalue weighted by Gasteiger charge is -2.14. The Morgan fingerprint density at radius 2 is 1.67 bits per heavy atom. The van der Waals surface area contributed by atoms with Crippen molar-refractivity contribution in [3.05, 3.63) is 29.8 Å². The molecule has 3 nitrogen and oxygen atoms in total. The van der Waals surface area contributed by atoms with Gasteiger partial charge in [0.25, 0.3) is 0 Å². The van der Waals surface area contributed by atoms with Crippen LogP contribution >= 0.6 is 0 Å². The monoisotopic (exact) mass is 311 g/mol. The van der Waals surface area contributed by atoms with Crippen LogP contribution in [0.5, 0.6) is 0 Å². The van der Waals surface area contributed by atoms with Crippen molar-refractivity contribution in [3.63, 3.8) is 0 Å². The van der Waals surface area contributed by atoms with Gasteiger partial charge < -0.3 is 0 Å². The second-order valence-electron chi connectivity index (χ2n) is 6.26. The van der Waals surface area contributed by atoms with Crippen molar-refractivity contribution in [3.8, 4) is 0 Å². The summed E-state index contributed by atoms with van der Waals surface area (Å²) >= 11 is 0. The standard InChI is InChI=1S/C17H29NO2S/c1-5-6-7-8-15(4)18-21(19,20)17-11-9-16(10-12-17)13-14(2)3/h9-12,14-15,18H,5-8,13H2,1-4H3. The van der Waals surface area contributed by atoms with E-state index in [0.717, 1.165) is 32.1 Å². The van der Waals surface area contributed by atoms with Gasteiger partial charge >= 0.3 is 0 Å². The number of benzene rings is 1. The second-order valence-corrected chi connectivity index (χ2v) is 7.97. The number of hydrogen-bond donors (Lipinski definition) is 1. The predicted molar refractivity (Wildman–Crippen MR) is 88.9 cm³/mol. The zero-order valence-corrected chi connectivity index (χ0v) is 14.5. The highest BCUT2D eigenvalue weighted by molar-refractivity contribution is 7.89.